The lowest BCUT2D eigenvalue weighted by molar-refractivity contribution is -0.126. The molecule has 28 heavy (non-hydrogen) atoms. The normalized spacial score (nSPS) is 33.6. The molecule has 3 aliphatic rings. The van der Waals surface area contributed by atoms with Crippen LogP contribution in [0.5, 0.6) is 0 Å². The molecule has 2 aliphatic heterocycles. The van der Waals surface area contributed by atoms with E-state index in [0.29, 0.717) is 36.0 Å². The van der Waals surface area contributed by atoms with E-state index in [2.05, 4.69) is 20.5 Å². The summed E-state index contributed by atoms with van der Waals surface area (Å²) in [7, 11) is 0. The number of carbonyl (C=O) groups excluding carboxylic acids is 1. The molecule has 1 saturated carbocycles. The fourth-order valence-electron chi connectivity index (χ4n) is 4.93. The van der Waals surface area contributed by atoms with Gasteiger partial charge in [-0.25, -0.2) is 0 Å². The van der Waals surface area contributed by atoms with Crippen molar-refractivity contribution in [2.75, 3.05) is 13.1 Å². The predicted molar refractivity (Wildman–Crippen MR) is 108 cm³/mol. The zero-order chi connectivity index (χ0) is 19.4. The molecule has 2 spiro atoms. The first-order chi connectivity index (χ1) is 13.6. The molecular formula is C21H18Cl2N4O. The second-order valence-electron chi connectivity index (χ2n) is 7.73. The first-order valence-corrected chi connectivity index (χ1v) is 10.1. The maximum absolute atomic E-state index is 13.9. The van der Waals surface area contributed by atoms with Crippen molar-refractivity contribution in [1.82, 2.24) is 0 Å². The maximum atomic E-state index is 13.9. The first-order valence-electron chi connectivity index (χ1n) is 9.38. The van der Waals surface area contributed by atoms with Gasteiger partial charge in [-0.2, -0.15) is 20.5 Å². The van der Waals surface area contributed by atoms with Crippen molar-refractivity contribution < 1.29 is 4.79 Å². The zero-order valence-corrected chi connectivity index (χ0v) is 16.6. The first kappa shape index (κ1) is 18.0. The Morgan fingerprint density at radius 3 is 1.50 bits per heavy atom. The summed E-state index contributed by atoms with van der Waals surface area (Å²) in [5.74, 6) is -0.126. The monoisotopic (exact) mass is 412 g/mol. The molecule has 0 N–H and O–H groups in total. The Morgan fingerprint density at radius 2 is 1.11 bits per heavy atom. The van der Waals surface area contributed by atoms with Crippen LogP contribution in [0.25, 0.3) is 0 Å². The zero-order valence-electron chi connectivity index (χ0n) is 15.1. The number of rotatable bonds is 2. The van der Waals surface area contributed by atoms with E-state index in [1.807, 2.05) is 48.5 Å². The second-order valence-corrected chi connectivity index (χ2v) is 8.61. The minimum absolute atomic E-state index is 0.0439. The highest BCUT2D eigenvalue weighted by Crippen LogP contribution is 2.56. The highest BCUT2D eigenvalue weighted by atomic mass is 35.5. The molecule has 2 aromatic carbocycles. The highest BCUT2D eigenvalue weighted by molar-refractivity contribution is 6.30. The molecule has 2 heterocycles. The number of benzene rings is 2. The van der Waals surface area contributed by atoms with Crippen LogP contribution in [-0.4, -0.2) is 30.0 Å². The number of azo groups is 2. The van der Waals surface area contributed by atoms with E-state index >= 15 is 0 Å². The molecule has 4 unspecified atom stereocenters. The van der Waals surface area contributed by atoms with Gasteiger partial charge >= 0.3 is 0 Å². The lowest BCUT2D eigenvalue weighted by Crippen LogP contribution is -2.47. The molecular weight excluding hydrogens is 395 g/mol. The van der Waals surface area contributed by atoms with Gasteiger partial charge in [0, 0.05) is 21.9 Å². The van der Waals surface area contributed by atoms with E-state index in [-0.39, 0.29) is 17.6 Å². The number of carbonyl (C=O) groups is 1. The van der Waals surface area contributed by atoms with Crippen LogP contribution in [0.1, 0.15) is 35.8 Å². The van der Waals surface area contributed by atoms with Gasteiger partial charge in [0.1, 0.15) is 0 Å². The third-order valence-electron chi connectivity index (χ3n) is 6.40. The van der Waals surface area contributed by atoms with E-state index < -0.39 is 11.1 Å². The fraction of sp³-hybridized carbons (Fsp3) is 0.381. The van der Waals surface area contributed by atoms with Gasteiger partial charge in [0.25, 0.3) is 0 Å². The van der Waals surface area contributed by atoms with Crippen LogP contribution in [-0.2, 0) is 4.79 Å². The minimum atomic E-state index is -0.859. The van der Waals surface area contributed by atoms with Gasteiger partial charge < -0.3 is 0 Å². The summed E-state index contributed by atoms with van der Waals surface area (Å²) in [6, 6.07) is 15.3. The summed E-state index contributed by atoms with van der Waals surface area (Å²) in [5, 5.41) is 19.0. The largest absolute Gasteiger partial charge is 0.294 e. The number of hydrogen-bond donors (Lipinski definition) is 0. The molecule has 1 fully saturated rings. The van der Waals surface area contributed by atoms with Gasteiger partial charge in [-0.3, -0.25) is 4.79 Å². The molecule has 0 bridgehead atoms. The van der Waals surface area contributed by atoms with E-state index in [0.717, 1.165) is 11.1 Å². The molecule has 2 aromatic rings. The smallest absolute Gasteiger partial charge is 0.193 e. The third-order valence-corrected chi connectivity index (χ3v) is 6.90. The van der Waals surface area contributed by atoms with E-state index in [1.54, 1.807) is 0 Å². The van der Waals surface area contributed by atoms with Crippen LogP contribution in [0.15, 0.2) is 69.0 Å². The Bertz CT molecular complexity index is 909. The van der Waals surface area contributed by atoms with Crippen molar-refractivity contribution in [3.8, 4) is 0 Å². The molecule has 142 valence electrons. The molecule has 1 aliphatic carbocycles. The van der Waals surface area contributed by atoms with Crippen molar-refractivity contribution >= 4 is 29.0 Å². The van der Waals surface area contributed by atoms with Gasteiger partial charge in [-0.15, -0.1) is 0 Å². The predicted octanol–water partition coefficient (Wildman–Crippen LogP) is 5.63. The van der Waals surface area contributed by atoms with Gasteiger partial charge in [-0.05, 0) is 48.2 Å². The number of halogens is 2. The molecule has 0 amide bonds. The molecule has 7 heteroatoms. The molecule has 0 saturated heterocycles. The summed E-state index contributed by atoms with van der Waals surface area (Å²) in [6.07, 6.45) is 1.26. The van der Waals surface area contributed by atoms with Crippen molar-refractivity contribution in [1.29, 1.82) is 0 Å². The van der Waals surface area contributed by atoms with E-state index in [4.69, 9.17) is 23.2 Å². The Hall–Kier alpha value is -2.11. The Morgan fingerprint density at radius 1 is 0.714 bits per heavy atom. The third kappa shape index (κ3) is 2.49. The van der Waals surface area contributed by atoms with Crippen LogP contribution >= 0.6 is 23.2 Å². The average molecular weight is 413 g/mol. The van der Waals surface area contributed by atoms with Gasteiger partial charge in [0.2, 0.25) is 0 Å². The summed E-state index contributed by atoms with van der Waals surface area (Å²) in [6.45, 7) is 1.01. The van der Waals surface area contributed by atoms with E-state index in [9.17, 15) is 4.79 Å². The fourth-order valence-corrected chi connectivity index (χ4v) is 5.18. The second kappa shape index (κ2) is 6.46. The van der Waals surface area contributed by atoms with Crippen LogP contribution < -0.4 is 0 Å². The molecule has 4 atom stereocenters. The number of hydrogen-bond acceptors (Lipinski definition) is 5. The summed E-state index contributed by atoms with van der Waals surface area (Å²) in [4.78, 5) is 13.9. The van der Waals surface area contributed by atoms with Gasteiger partial charge in [0.05, 0.1) is 13.1 Å². The SMILES string of the molecule is O=C1C2(CCC13N=NCC3c1ccc(Cl)cc1)N=NCC2c1ccc(Cl)cc1. The molecule has 0 aromatic heterocycles. The maximum Gasteiger partial charge on any atom is 0.193 e. The van der Waals surface area contributed by atoms with Crippen LogP contribution in [0.2, 0.25) is 10.0 Å². The van der Waals surface area contributed by atoms with Crippen LogP contribution in [0, 0.1) is 0 Å². The molecule has 5 rings (SSSR count). The lowest BCUT2D eigenvalue weighted by Gasteiger charge is -2.30. The number of nitrogens with zero attached hydrogens (tertiary/aromatic N) is 4. The molecule has 5 nitrogen and oxygen atoms in total. The standard InChI is InChI=1S/C21H18Cl2N4O/c22-15-5-1-13(2-6-15)17-11-24-26-20(17)9-10-21(19(20)28)18(12-25-27-21)14-3-7-16(23)8-4-14/h1-8,17-18H,9-12H2. The van der Waals surface area contributed by atoms with Crippen molar-refractivity contribution in [2.24, 2.45) is 20.5 Å². The van der Waals surface area contributed by atoms with Crippen molar-refractivity contribution in [3.05, 3.63) is 69.7 Å². The van der Waals surface area contributed by atoms with Crippen molar-refractivity contribution in [3.63, 3.8) is 0 Å². The lowest BCUT2D eigenvalue weighted by atomic mass is 9.73. The van der Waals surface area contributed by atoms with Crippen LogP contribution in [0.4, 0.5) is 0 Å². The number of Topliss-reactive ketones (excluding diaryl/α,β-unsaturated/α-hetero) is 1. The van der Waals surface area contributed by atoms with Gasteiger partial charge in [-0.1, -0.05) is 47.5 Å². The van der Waals surface area contributed by atoms with E-state index in [1.165, 1.54) is 0 Å². The average Bonchev–Trinajstić information content (AvgIpc) is 3.39. The Labute approximate surface area is 172 Å². The Kier molecular flexibility index (Phi) is 4.14. The minimum Gasteiger partial charge on any atom is -0.294 e. The highest BCUT2D eigenvalue weighted by Gasteiger charge is 2.66. The number of ketones is 1. The van der Waals surface area contributed by atoms with Crippen molar-refractivity contribution in [2.45, 2.75) is 35.8 Å². The molecule has 0 radical (unpaired) electrons. The summed E-state index contributed by atoms with van der Waals surface area (Å²) < 4.78 is 0. The summed E-state index contributed by atoms with van der Waals surface area (Å²) >= 11 is 12.1. The quantitative estimate of drug-likeness (QED) is 0.629. The summed E-state index contributed by atoms with van der Waals surface area (Å²) in [5.41, 5.74) is 0.361. The van der Waals surface area contributed by atoms with Gasteiger partial charge in [0.15, 0.2) is 16.9 Å². The Balaban J connectivity index is 1.53. The van der Waals surface area contributed by atoms with Crippen LogP contribution in [0.3, 0.4) is 0 Å². The topological polar surface area (TPSA) is 66.5 Å².